The zero-order valence-corrected chi connectivity index (χ0v) is 18.2. The lowest BCUT2D eigenvalue weighted by atomic mass is 10.1. The van der Waals surface area contributed by atoms with E-state index in [2.05, 4.69) is 28.2 Å². The van der Waals surface area contributed by atoms with Crippen LogP contribution in [0.2, 0.25) is 5.02 Å². The topological polar surface area (TPSA) is 80.2 Å². The summed E-state index contributed by atoms with van der Waals surface area (Å²) in [4.78, 5) is 17.2. The molecule has 160 valence electrons. The molecule has 1 aliphatic heterocycles. The summed E-state index contributed by atoms with van der Waals surface area (Å²) in [5.74, 6) is 0.680. The van der Waals surface area contributed by atoms with Crippen LogP contribution in [0.3, 0.4) is 0 Å². The minimum Gasteiger partial charge on any atom is -0.451 e. The maximum atomic E-state index is 12.5. The van der Waals surface area contributed by atoms with Crippen LogP contribution in [0.25, 0.3) is 11.3 Å². The molecule has 1 aliphatic rings. The molecule has 2 heterocycles. The first-order chi connectivity index (χ1) is 13.6. The number of nitrogens with zero attached hydrogens (tertiary/aromatic N) is 2. The number of anilines is 2. The number of para-hydroxylation sites is 1. The third kappa shape index (κ3) is 5.34. The quantitative estimate of drug-likeness (QED) is 0.646. The molecule has 0 spiro atoms. The van der Waals surface area contributed by atoms with Gasteiger partial charge in [-0.05, 0) is 55.6 Å². The smallest absolute Gasteiger partial charge is 0.291 e. The molecule has 3 aromatic rings. The van der Waals surface area contributed by atoms with Crippen LogP contribution in [0.1, 0.15) is 10.6 Å². The summed E-state index contributed by atoms with van der Waals surface area (Å²) in [5, 5.41) is 3.45. The third-order valence-electron chi connectivity index (χ3n) is 4.95. The molecule has 0 radical (unpaired) electrons. The number of carbonyl (C=O) groups is 1. The summed E-state index contributed by atoms with van der Waals surface area (Å²) < 4.78 is 5.90. The Labute approximate surface area is 187 Å². The van der Waals surface area contributed by atoms with Crippen molar-refractivity contribution in [3.05, 3.63) is 71.4 Å². The van der Waals surface area contributed by atoms with Gasteiger partial charge in [0.05, 0.1) is 0 Å². The first kappa shape index (κ1) is 23.8. The number of nitrogens with one attached hydrogen (secondary N) is 1. The number of hydrogen-bond donors (Lipinski definition) is 1. The number of hydrogen-bond acceptors (Lipinski definition) is 4. The Hall–Kier alpha value is -2.51. The van der Waals surface area contributed by atoms with E-state index in [9.17, 15) is 4.79 Å². The first-order valence-corrected chi connectivity index (χ1v) is 9.67. The molecule has 0 atom stereocenters. The third-order valence-corrected chi connectivity index (χ3v) is 5.20. The van der Waals surface area contributed by atoms with Crippen molar-refractivity contribution in [2.75, 3.05) is 43.4 Å². The summed E-state index contributed by atoms with van der Waals surface area (Å²) in [6, 6.07) is 18.7. The molecule has 8 heteroatoms. The number of piperazine rings is 1. The van der Waals surface area contributed by atoms with Crippen molar-refractivity contribution < 1.29 is 14.7 Å². The molecule has 1 saturated heterocycles. The van der Waals surface area contributed by atoms with Crippen molar-refractivity contribution in [3.63, 3.8) is 0 Å². The van der Waals surface area contributed by atoms with Gasteiger partial charge in [-0.3, -0.25) is 4.79 Å². The van der Waals surface area contributed by atoms with Gasteiger partial charge in [0.2, 0.25) is 0 Å². The fourth-order valence-electron chi connectivity index (χ4n) is 3.34. The standard InChI is InChI=1S/C22H22ClN3O2.ClH.H2O/c1-25-12-14-26(15-13-25)19-5-3-2-4-18(19)20-10-11-21(28-20)22(27)24-17-8-6-16(23)7-9-17;;/h2-11H,12-15H2,1H3,(H,24,27);1H;1H2. The minimum absolute atomic E-state index is 0. The van der Waals surface area contributed by atoms with Gasteiger partial charge in [0.25, 0.3) is 5.91 Å². The highest BCUT2D eigenvalue weighted by molar-refractivity contribution is 6.30. The average molecular weight is 450 g/mol. The molecule has 6 nitrogen and oxygen atoms in total. The van der Waals surface area contributed by atoms with Gasteiger partial charge in [0.15, 0.2) is 5.76 Å². The van der Waals surface area contributed by atoms with Gasteiger partial charge in [-0.2, -0.15) is 0 Å². The Bertz CT molecular complexity index is 968. The van der Waals surface area contributed by atoms with E-state index < -0.39 is 0 Å². The van der Waals surface area contributed by atoms with E-state index in [1.807, 2.05) is 24.3 Å². The van der Waals surface area contributed by atoms with Crippen LogP contribution in [-0.4, -0.2) is 49.5 Å². The van der Waals surface area contributed by atoms with E-state index in [0.29, 0.717) is 16.5 Å². The van der Waals surface area contributed by atoms with Gasteiger partial charge in [-0.15, -0.1) is 12.4 Å². The Morgan fingerprint density at radius 3 is 2.33 bits per heavy atom. The minimum atomic E-state index is -0.286. The van der Waals surface area contributed by atoms with Crippen LogP contribution in [0.5, 0.6) is 0 Å². The van der Waals surface area contributed by atoms with Crippen molar-refractivity contribution in [1.82, 2.24) is 4.90 Å². The number of halogens is 2. The summed E-state index contributed by atoms with van der Waals surface area (Å²) >= 11 is 5.89. The monoisotopic (exact) mass is 449 g/mol. The summed E-state index contributed by atoms with van der Waals surface area (Å²) in [7, 11) is 2.14. The lowest BCUT2D eigenvalue weighted by molar-refractivity contribution is 0.0997. The number of amides is 1. The molecule has 4 rings (SSSR count). The molecule has 0 unspecified atom stereocenters. The molecule has 0 aliphatic carbocycles. The molecule has 2 aromatic carbocycles. The predicted molar refractivity (Wildman–Crippen MR) is 124 cm³/mol. The molecular weight excluding hydrogens is 425 g/mol. The molecule has 0 saturated carbocycles. The van der Waals surface area contributed by atoms with Crippen LogP contribution >= 0.6 is 24.0 Å². The fourth-order valence-corrected chi connectivity index (χ4v) is 3.46. The maximum absolute atomic E-state index is 12.5. The van der Waals surface area contributed by atoms with Gasteiger partial charge in [-0.1, -0.05) is 23.7 Å². The van der Waals surface area contributed by atoms with Gasteiger partial charge < -0.3 is 25.0 Å². The van der Waals surface area contributed by atoms with Crippen LogP contribution < -0.4 is 10.2 Å². The van der Waals surface area contributed by atoms with E-state index >= 15 is 0 Å². The van der Waals surface area contributed by atoms with E-state index in [1.54, 1.807) is 30.3 Å². The normalized spacial score (nSPS) is 13.9. The lowest BCUT2D eigenvalue weighted by Crippen LogP contribution is -2.44. The Kier molecular flexibility index (Phi) is 8.32. The SMILES string of the molecule is CN1CCN(c2ccccc2-c2ccc(C(=O)Nc3ccc(Cl)cc3)o2)CC1.Cl.O. The van der Waals surface area contributed by atoms with Crippen molar-refractivity contribution in [3.8, 4) is 11.3 Å². The number of likely N-dealkylation sites (N-methyl/N-ethyl adjacent to an activating group) is 1. The van der Waals surface area contributed by atoms with Crippen molar-refractivity contribution in [1.29, 1.82) is 0 Å². The second-order valence-corrected chi connectivity index (χ2v) is 7.37. The molecule has 30 heavy (non-hydrogen) atoms. The first-order valence-electron chi connectivity index (χ1n) is 9.30. The largest absolute Gasteiger partial charge is 0.451 e. The molecular formula is C22H25Cl2N3O3. The van der Waals surface area contributed by atoms with E-state index in [-0.39, 0.29) is 29.6 Å². The van der Waals surface area contributed by atoms with Crippen LogP contribution in [0, 0.1) is 0 Å². The lowest BCUT2D eigenvalue weighted by Gasteiger charge is -2.34. The molecule has 1 amide bonds. The van der Waals surface area contributed by atoms with Gasteiger partial charge >= 0.3 is 0 Å². The van der Waals surface area contributed by atoms with E-state index in [0.717, 1.165) is 37.4 Å². The van der Waals surface area contributed by atoms with Crippen molar-refractivity contribution in [2.24, 2.45) is 0 Å². The number of rotatable bonds is 4. The number of furan rings is 1. The second kappa shape index (κ2) is 10.5. The zero-order valence-electron chi connectivity index (χ0n) is 16.6. The maximum Gasteiger partial charge on any atom is 0.291 e. The highest BCUT2D eigenvalue weighted by Crippen LogP contribution is 2.32. The van der Waals surface area contributed by atoms with Gasteiger partial charge in [0.1, 0.15) is 5.76 Å². The van der Waals surface area contributed by atoms with Crippen molar-refractivity contribution in [2.45, 2.75) is 0 Å². The zero-order chi connectivity index (χ0) is 19.5. The summed E-state index contributed by atoms with van der Waals surface area (Å²) in [5.41, 5.74) is 2.80. The van der Waals surface area contributed by atoms with Crippen LogP contribution in [0.15, 0.2) is 65.1 Å². The number of carbonyl (C=O) groups excluding carboxylic acids is 1. The highest BCUT2D eigenvalue weighted by atomic mass is 35.5. The van der Waals surface area contributed by atoms with E-state index in [4.69, 9.17) is 16.0 Å². The molecule has 0 bridgehead atoms. The highest BCUT2D eigenvalue weighted by Gasteiger charge is 2.20. The Morgan fingerprint density at radius 1 is 0.967 bits per heavy atom. The summed E-state index contributed by atoms with van der Waals surface area (Å²) in [6.07, 6.45) is 0. The number of benzene rings is 2. The molecule has 1 aromatic heterocycles. The van der Waals surface area contributed by atoms with Crippen LogP contribution in [-0.2, 0) is 0 Å². The Morgan fingerprint density at radius 2 is 1.63 bits per heavy atom. The molecule has 3 N–H and O–H groups in total. The van der Waals surface area contributed by atoms with E-state index in [1.165, 1.54) is 0 Å². The van der Waals surface area contributed by atoms with Gasteiger partial charge in [-0.25, -0.2) is 0 Å². The van der Waals surface area contributed by atoms with Crippen molar-refractivity contribution >= 4 is 41.3 Å². The Balaban J connectivity index is 0.00000160. The average Bonchev–Trinajstić information content (AvgIpc) is 3.21. The van der Waals surface area contributed by atoms with Crippen LogP contribution in [0.4, 0.5) is 11.4 Å². The summed E-state index contributed by atoms with van der Waals surface area (Å²) in [6.45, 7) is 4.00. The molecule has 1 fully saturated rings. The van der Waals surface area contributed by atoms with Gasteiger partial charge in [0, 0.05) is 48.1 Å². The predicted octanol–water partition coefficient (Wildman–Crippen LogP) is 4.20. The second-order valence-electron chi connectivity index (χ2n) is 6.93. The fraction of sp³-hybridized carbons (Fsp3) is 0.227.